The highest BCUT2D eigenvalue weighted by Gasteiger charge is 2.40. The highest BCUT2D eigenvalue weighted by atomic mass is 31.2. The number of rotatable bonds is 0. The monoisotopic (exact) mass is 194 g/mol. The summed E-state index contributed by atoms with van der Waals surface area (Å²) in [6.45, 7) is 0.262. The molecule has 3 atom stereocenters. The summed E-state index contributed by atoms with van der Waals surface area (Å²) in [6, 6.07) is 0. The Labute approximate surface area is 70.9 Å². The van der Waals surface area contributed by atoms with E-state index in [1.165, 1.54) is 0 Å². The van der Waals surface area contributed by atoms with Crippen molar-refractivity contribution in [1.82, 2.24) is 0 Å². The minimum absolute atomic E-state index is 0.164. The maximum absolute atomic E-state index is 12.8. The van der Waals surface area contributed by atoms with Crippen molar-refractivity contribution in [3.63, 3.8) is 0 Å². The summed E-state index contributed by atoms with van der Waals surface area (Å²) in [7, 11) is -4.18. The second-order valence-corrected chi connectivity index (χ2v) is 4.75. The zero-order valence-corrected chi connectivity index (χ0v) is 7.63. The van der Waals surface area contributed by atoms with Crippen LogP contribution in [0.25, 0.3) is 0 Å². The van der Waals surface area contributed by atoms with E-state index >= 15 is 0 Å². The van der Waals surface area contributed by atoms with Crippen molar-refractivity contribution in [2.75, 3.05) is 6.61 Å². The number of fused-ring (bicyclic) bond motifs is 1. The van der Waals surface area contributed by atoms with E-state index in [-0.39, 0.29) is 18.6 Å². The van der Waals surface area contributed by atoms with Crippen LogP contribution in [0.15, 0.2) is 0 Å². The van der Waals surface area contributed by atoms with Crippen LogP contribution in [-0.2, 0) is 13.6 Å². The third-order valence-electron chi connectivity index (χ3n) is 2.54. The molecule has 2 fully saturated rings. The van der Waals surface area contributed by atoms with Crippen LogP contribution in [0.2, 0.25) is 0 Å². The van der Waals surface area contributed by atoms with Crippen LogP contribution in [0.5, 0.6) is 0 Å². The average Bonchev–Trinajstić information content (AvgIpc) is 2.02. The van der Waals surface area contributed by atoms with Crippen molar-refractivity contribution in [3.05, 3.63) is 0 Å². The lowest BCUT2D eigenvalue weighted by Crippen LogP contribution is -2.33. The molecule has 0 aromatic heterocycles. The molecule has 0 aromatic carbocycles. The fourth-order valence-corrected chi connectivity index (χ4v) is 2.91. The van der Waals surface area contributed by atoms with Crippen molar-refractivity contribution in [2.45, 2.75) is 31.8 Å². The van der Waals surface area contributed by atoms with E-state index < -0.39 is 7.91 Å². The first-order valence-electron chi connectivity index (χ1n) is 4.30. The van der Waals surface area contributed by atoms with Gasteiger partial charge in [-0.25, -0.2) is 4.57 Å². The molecule has 0 aromatic rings. The third-order valence-corrected chi connectivity index (χ3v) is 3.52. The van der Waals surface area contributed by atoms with Crippen LogP contribution in [0.3, 0.4) is 0 Å². The van der Waals surface area contributed by atoms with Crippen LogP contribution in [0.4, 0.5) is 4.20 Å². The van der Waals surface area contributed by atoms with Gasteiger partial charge in [0, 0.05) is 5.92 Å². The third kappa shape index (κ3) is 1.70. The molecule has 0 bridgehead atoms. The van der Waals surface area contributed by atoms with Gasteiger partial charge in [-0.15, -0.1) is 4.20 Å². The lowest BCUT2D eigenvalue weighted by atomic mass is 9.87. The summed E-state index contributed by atoms with van der Waals surface area (Å²) in [6.07, 6.45) is 3.85. The molecule has 12 heavy (non-hydrogen) atoms. The van der Waals surface area contributed by atoms with Gasteiger partial charge < -0.3 is 0 Å². The van der Waals surface area contributed by atoms with Crippen LogP contribution < -0.4 is 0 Å². The summed E-state index contributed by atoms with van der Waals surface area (Å²) >= 11 is 0. The molecule has 1 saturated carbocycles. The molecular formula is C7H12FO3P. The molecule has 3 unspecified atom stereocenters. The Morgan fingerprint density at radius 3 is 2.92 bits per heavy atom. The summed E-state index contributed by atoms with van der Waals surface area (Å²) in [5, 5.41) is 0. The molecule has 3 nitrogen and oxygen atoms in total. The maximum atomic E-state index is 12.8. The van der Waals surface area contributed by atoms with E-state index in [0.29, 0.717) is 0 Å². The van der Waals surface area contributed by atoms with E-state index in [2.05, 4.69) is 4.52 Å². The van der Waals surface area contributed by atoms with Gasteiger partial charge >= 0.3 is 7.91 Å². The zero-order valence-electron chi connectivity index (χ0n) is 6.74. The average molecular weight is 194 g/mol. The van der Waals surface area contributed by atoms with Crippen molar-refractivity contribution >= 4 is 7.91 Å². The van der Waals surface area contributed by atoms with Gasteiger partial charge in [0.2, 0.25) is 0 Å². The van der Waals surface area contributed by atoms with Crippen LogP contribution in [-0.4, -0.2) is 12.7 Å². The van der Waals surface area contributed by atoms with Gasteiger partial charge in [-0.2, -0.15) is 0 Å². The second-order valence-electron chi connectivity index (χ2n) is 3.41. The first-order valence-corrected chi connectivity index (χ1v) is 5.73. The molecule has 70 valence electrons. The molecule has 0 N–H and O–H groups in total. The summed E-state index contributed by atoms with van der Waals surface area (Å²) in [5.74, 6) is 0.261. The van der Waals surface area contributed by atoms with Crippen molar-refractivity contribution in [3.8, 4) is 0 Å². The number of halogens is 1. The van der Waals surface area contributed by atoms with Gasteiger partial charge in [-0.1, -0.05) is 12.8 Å². The minimum atomic E-state index is -4.18. The van der Waals surface area contributed by atoms with Crippen LogP contribution >= 0.6 is 7.91 Å². The Hall–Kier alpha value is 0.0800. The van der Waals surface area contributed by atoms with Gasteiger partial charge in [-0.05, 0) is 12.8 Å². The number of hydrogen-bond donors (Lipinski definition) is 0. The van der Waals surface area contributed by atoms with Crippen molar-refractivity contribution in [1.29, 1.82) is 0 Å². The summed E-state index contributed by atoms with van der Waals surface area (Å²) in [4.78, 5) is 0. The van der Waals surface area contributed by atoms with E-state index in [9.17, 15) is 8.76 Å². The molecule has 1 aliphatic heterocycles. The molecule has 0 spiro atoms. The van der Waals surface area contributed by atoms with E-state index in [4.69, 9.17) is 4.52 Å². The lowest BCUT2D eigenvalue weighted by Gasteiger charge is -2.35. The quantitative estimate of drug-likeness (QED) is 0.556. The van der Waals surface area contributed by atoms with E-state index in [1.54, 1.807) is 0 Å². The smallest absolute Gasteiger partial charge is 0.283 e. The second kappa shape index (κ2) is 3.09. The molecule has 1 saturated heterocycles. The Kier molecular flexibility index (Phi) is 2.23. The van der Waals surface area contributed by atoms with Gasteiger partial charge in [0.1, 0.15) is 0 Å². The van der Waals surface area contributed by atoms with Gasteiger partial charge in [-0.3, -0.25) is 9.05 Å². The number of hydrogen-bond acceptors (Lipinski definition) is 3. The first kappa shape index (κ1) is 8.67. The summed E-state index contributed by atoms with van der Waals surface area (Å²) < 4.78 is 32.8. The largest absolute Gasteiger partial charge is 0.513 e. The first-order chi connectivity index (χ1) is 5.67. The van der Waals surface area contributed by atoms with Crippen LogP contribution in [0, 0.1) is 5.92 Å². The fraction of sp³-hybridized carbons (Fsp3) is 1.00. The van der Waals surface area contributed by atoms with Gasteiger partial charge in [0.05, 0.1) is 12.7 Å². The summed E-state index contributed by atoms with van der Waals surface area (Å²) in [5.41, 5.74) is 0. The standard InChI is InChI=1S/C7H12FO3P/c8-12(9)10-5-6-3-1-2-4-7(6)11-12/h6-7H,1-5H2. The van der Waals surface area contributed by atoms with Gasteiger partial charge in [0.15, 0.2) is 0 Å². The van der Waals surface area contributed by atoms with Crippen molar-refractivity contribution in [2.24, 2.45) is 5.92 Å². The molecule has 5 heteroatoms. The molecule has 0 radical (unpaired) electrons. The normalized spacial score (nSPS) is 48.4. The fourth-order valence-electron chi connectivity index (χ4n) is 1.88. The Morgan fingerprint density at radius 1 is 1.33 bits per heavy atom. The van der Waals surface area contributed by atoms with Crippen molar-refractivity contribution < 1.29 is 17.8 Å². The molecule has 0 amide bonds. The highest BCUT2D eigenvalue weighted by molar-refractivity contribution is 7.48. The van der Waals surface area contributed by atoms with Crippen LogP contribution in [0.1, 0.15) is 25.7 Å². The Morgan fingerprint density at radius 2 is 2.08 bits per heavy atom. The molecule has 1 heterocycles. The molecule has 2 aliphatic rings. The topological polar surface area (TPSA) is 35.5 Å². The van der Waals surface area contributed by atoms with E-state index in [1.807, 2.05) is 0 Å². The molecule has 1 aliphatic carbocycles. The van der Waals surface area contributed by atoms with E-state index in [0.717, 1.165) is 25.7 Å². The Balaban J connectivity index is 2.03. The minimum Gasteiger partial charge on any atom is -0.283 e. The highest BCUT2D eigenvalue weighted by Crippen LogP contribution is 2.56. The Bertz CT molecular complexity index is 221. The SMILES string of the molecule is O=P1(F)OCC2CCCCC2O1. The zero-order chi connectivity index (χ0) is 8.60. The molecule has 2 rings (SSSR count). The predicted molar refractivity (Wildman–Crippen MR) is 41.5 cm³/mol. The van der Waals surface area contributed by atoms with Gasteiger partial charge in [0.25, 0.3) is 0 Å². The molecular weight excluding hydrogens is 182 g/mol. The maximum Gasteiger partial charge on any atom is 0.513 e. The lowest BCUT2D eigenvalue weighted by molar-refractivity contribution is -0.0106. The predicted octanol–water partition coefficient (Wildman–Crippen LogP) is 2.67.